The van der Waals surface area contributed by atoms with Gasteiger partial charge in [0.15, 0.2) is 17.8 Å². The minimum absolute atomic E-state index is 0.0265. The van der Waals surface area contributed by atoms with Gasteiger partial charge in [-0.25, -0.2) is 0 Å². The summed E-state index contributed by atoms with van der Waals surface area (Å²) in [5.41, 5.74) is 6.15. The first-order valence-electron chi connectivity index (χ1n) is 10.9. The van der Waals surface area contributed by atoms with E-state index in [2.05, 4.69) is 59.3 Å². The van der Waals surface area contributed by atoms with Gasteiger partial charge < -0.3 is 14.8 Å². The summed E-state index contributed by atoms with van der Waals surface area (Å²) >= 11 is 0. The molecule has 1 amide bonds. The maximum Gasteiger partial charge on any atom is 0.224 e. The molecule has 1 aliphatic heterocycles. The lowest BCUT2D eigenvalue weighted by Gasteiger charge is -2.30. The average Bonchev–Trinajstić information content (AvgIpc) is 2.74. The van der Waals surface area contributed by atoms with Crippen molar-refractivity contribution in [3.8, 4) is 11.5 Å². The molecule has 2 unspecified atom stereocenters. The van der Waals surface area contributed by atoms with Crippen molar-refractivity contribution >= 4 is 12.1 Å². The number of aryl methyl sites for hydroxylation is 1. The largest absolute Gasteiger partial charge is 0.490 e. The fraction of sp³-hybridized carbons (Fsp3) is 0.417. The van der Waals surface area contributed by atoms with Crippen LogP contribution in [0.3, 0.4) is 0 Å². The number of ether oxygens (including phenoxy) is 2. The van der Waals surface area contributed by atoms with E-state index in [4.69, 9.17) is 9.47 Å². The lowest BCUT2D eigenvalue weighted by Crippen LogP contribution is -2.61. The SMILES string of the molecule is CCCC1CC(=O)NC(N/N=C/c2ccc(OCc3ccc(C)cc3)c(OCC)c2)N1. The van der Waals surface area contributed by atoms with Crippen LogP contribution >= 0.6 is 0 Å². The van der Waals surface area contributed by atoms with E-state index in [9.17, 15) is 4.79 Å². The molecule has 3 rings (SSSR count). The van der Waals surface area contributed by atoms with Gasteiger partial charge in [0.05, 0.1) is 12.8 Å². The maximum absolute atomic E-state index is 11.9. The highest BCUT2D eigenvalue weighted by atomic mass is 16.5. The number of amides is 1. The highest BCUT2D eigenvalue weighted by molar-refractivity contribution is 5.81. The van der Waals surface area contributed by atoms with Crippen molar-refractivity contribution in [2.45, 2.75) is 59.0 Å². The summed E-state index contributed by atoms with van der Waals surface area (Å²) in [6.45, 7) is 7.13. The van der Waals surface area contributed by atoms with Crippen molar-refractivity contribution in [2.75, 3.05) is 6.61 Å². The number of hydrogen-bond donors (Lipinski definition) is 3. The van der Waals surface area contributed by atoms with Gasteiger partial charge in [-0.05, 0) is 49.6 Å². The third-order valence-electron chi connectivity index (χ3n) is 4.98. The van der Waals surface area contributed by atoms with Crippen molar-refractivity contribution in [1.29, 1.82) is 0 Å². The van der Waals surface area contributed by atoms with E-state index in [1.807, 2.05) is 25.1 Å². The molecule has 2 aromatic carbocycles. The molecule has 3 N–H and O–H groups in total. The normalized spacial score (nSPS) is 18.6. The summed E-state index contributed by atoms with van der Waals surface area (Å²) in [5.74, 6) is 1.39. The summed E-state index contributed by atoms with van der Waals surface area (Å²) in [4.78, 5) is 11.9. The Hall–Kier alpha value is -3.06. The molecule has 0 aliphatic carbocycles. The Kier molecular flexibility index (Phi) is 8.29. The molecular formula is C24H32N4O3. The van der Waals surface area contributed by atoms with Gasteiger partial charge in [0.25, 0.3) is 0 Å². The van der Waals surface area contributed by atoms with Gasteiger partial charge in [0.1, 0.15) is 6.61 Å². The van der Waals surface area contributed by atoms with E-state index in [-0.39, 0.29) is 18.2 Å². The van der Waals surface area contributed by atoms with E-state index >= 15 is 0 Å². The smallest absolute Gasteiger partial charge is 0.224 e. The summed E-state index contributed by atoms with van der Waals surface area (Å²) < 4.78 is 11.7. The number of carbonyl (C=O) groups excluding carboxylic acids is 1. The molecule has 0 aromatic heterocycles. The van der Waals surface area contributed by atoms with Crippen LogP contribution in [0.5, 0.6) is 11.5 Å². The van der Waals surface area contributed by atoms with Gasteiger partial charge in [-0.3, -0.25) is 15.5 Å². The van der Waals surface area contributed by atoms with Crippen LogP contribution in [0.4, 0.5) is 0 Å². The molecular weight excluding hydrogens is 392 g/mol. The number of carbonyl (C=O) groups is 1. The van der Waals surface area contributed by atoms with Crippen LogP contribution in [0, 0.1) is 6.92 Å². The second-order valence-corrected chi connectivity index (χ2v) is 7.66. The van der Waals surface area contributed by atoms with Gasteiger partial charge in [-0.1, -0.05) is 43.2 Å². The number of hydrazone groups is 1. The zero-order valence-corrected chi connectivity index (χ0v) is 18.5. The number of rotatable bonds is 10. The minimum Gasteiger partial charge on any atom is -0.490 e. The average molecular weight is 425 g/mol. The fourth-order valence-corrected chi connectivity index (χ4v) is 3.41. The zero-order chi connectivity index (χ0) is 22.1. The van der Waals surface area contributed by atoms with Gasteiger partial charge in [0.2, 0.25) is 5.91 Å². The summed E-state index contributed by atoms with van der Waals surface area (Å²) in [6, 6.07) is 14.1. The molecule has 7 nitrogen and oxygen atoms in total. The summed E-state index contributed by atoms with van der Waals surface area (Å²) in [6.07, 6.45) is 3.80. The summed E-state index contributed by atoms with van der Waals surface area (Å²) in [5, 5.41) is 10.5. The Labute approximate surface area is 184 Å². The molecule has 2 atom stereocenters. The molecule has 31 heavy (non-hydrogen) atoms. The highest BCUT2D eigenvalue weighted by Gasteiger charge is 2.24. The molecule has 1 heterocycles. The van der Waals surface area contributed by atoms with Gasteiger partial charge >= 0.3 is 0 Å². The Morgan fingerprint density at radius 2 is 1.94 bits per heavy atom. The summed E-state index contributed by atoms with van der Waals surface area (Å²) in [7, 11) is 0. The lowest BCUT2D eigenvalue weighted by molar-refractivity contribution is -0.124. The van der Waals surface area contributed by atoms with Gasteiger partial charge in [0, 0.05) is 12.5 Å². The van der Waals surface area contributed by atoms with E-state index in [0.29, 0.717) is 31.1 Å². The predicted octanol–water partition coefficient (Wildman–Crippen LogP) is 3.46. The molecule has 2 aromatic rings. The first kappa shape index (κ1) is 22.6. The van der Waals surface area contributed by atoms with Gasteiger partial charge in [-0.2, -0.15) is 5.10 Å². The number of nitrogens with zero attached hydrogens (tertiary/aromatic N) is 1. The zero-order valence-electron chi connectivity index (χ0n) is 18.5. The lowest BCUT2D eigenvalue weighted by atomic mass is 10.1. The van der Waals surface area contributed by atoms with Crippen molar-refractivity contribution in [3.05, 3.63) is 59.2 Å². The van der Waals surface area contributed by atoms with E-state index in [0.717, 1.165) is 24.0 Å². The second kappa shape index (κ2) is 11.4. The Morgan fingerprint density at radius 3 is 2.68 bits per heavy atom. The van der Waals surface area contributed by atoms with Crippen LogP contribution in [-0.4, -0.2) is 31.1 Å². The van der Waals surface area contributed by atoms with Crippen molar-refractivity contribution in [2.24, 2.45) is 5.10 Å². The number of hydrogen-bond acceptors (Lipinski definition) is 6. The molecule has 1 saturated heterocycles. The molecule has 0 saturated carbocycles. The molecule has 166 valence electrons. The van der Waals surface area contributed by atoms with E-state index < -0.39 is 0 Å². The van der Waals surface area contributed by atoms with Crippen molar-refractivity contribution < 1.29 is 14.3 Å². The predicted molar refractivity (Wildman–Crippen MR) is 122 cm³/mol. The standard InChI is InChI=1S/C24H32N4O3/c1-4-6-20-14-23(29)27-24(26-20)28-25-15-19-11-12-21(22(13-19)30-5-2)31-16-18-9-7-17(3)8-10-18/h7-13,15,20,24,26,28H,4-6,14,16H2,1-3H3,(H,27,29)/b25-15+. The maximum atomic E-state index is 11.9. The highest BCUT2D eigenvalue weighted by Crippen LogP contribution is 2.29. The van der Waals surface area contributed by atoms with Gasteiger partial charge in [-0.15, -0.1) is 0 Å². The van der Waals surface area contributed by atoms with Crippen LogP contribution in [0.1, 0.15) is 49.8 Å². The quantitative estimate of drug-likeness (QED) is 0.402. The Morgan fingerprint density at radius 1 is 1.13 bits per heavy atom. The van der Waals surface area contributed by atoms with Crippen molar-refractivity contribution in [3.63, 3.8) is 0 Å². The first-order valence-corrected chi connectivity index (χ1v) is 10.9. The molecule has 0 spiro atoms. The fourth-order valence-electron chi connectivity index (χ4n) is 3.41. The van der Waals surface area contributed by atoms with E-state index in [1.54, 1.807) is 6.21 Å². The number of benzene rings is 2. The third-order valence-corrected chi connectivity index (χ3v) is 4.98. The second-order valence-electron chi connectivity index (χ2n) is 7.66. The first-order chi connectivity index (χ1) is 15.1. The van der Waals surface area contributed by atoms with Crippen LogP contribution in [-0.2, 0) is 11.4 Å². The molecule has 1 fully saturated rings. The van der Waals surface area contributed by atoms with Crippen LogP contribution in [0.15, 0.2) is 47.6 Å². The van der Waals surface area contributed by atoms with Crippen LogP contribution < -0.4 is 25.5 Å². The van der Waals surface area contributed by atoms with E-state index in [1.165, 1.54) is 5.56 Å². The van der Waals surface area contributed by atoms with Crippen molar-refractivity contribution in [1.82, 2.24) is 16.1 Å². The Balaban J connectivity index is 1.60. The topological polar surface area (TPSA) is 84.0 Å². The van der Waals surface area contributed by atoms with Crippen LogP contribution in [0.25, 0.3) is 0 Å². The monoisotopic (exact) mass is 424 g/mol. The minimum atomic E-state index is -0.377. The molecule has 1 aliphatic rings. The molecule has 0 bridgehead atoms. The molecule has 7 heteroatoms. The Bertz CT molecular complexity index is 883. The third kappa shape index (κ3) is 7.00. The molecule has 0 radical (unpaired) electrons. The number of nitrogens with one attached hydrogen (secondary N) is 3. The van der Waals surface area contributed by atoms with Crippen LogP contribution in [0.2, 0.25) is 0 Å².